The zero-order valence-corrected chi connectivity index (χ0v) is 11.2. The summed E-state index contributed by atoms with van der Waals surface area (Å²) in [6, 6.07) is 4.52. The fourth-order valence-corrected chi connectivity index (χ4v) is 2.53. The Kier molecular flexibility index (Phi) is 4.35. The molecule has 0 saturated carbocycles. The van der Waals surface area contributed by atoms with Gasteiger partial charge in [0.25, 0.3) is 0 Å². The monoisotopic (exact) mass is 323 g/mol. The lowest BCUT2D eigenvalue weighted by Crippen LogP contribution is -2.22. The molecule has 0 unspecified atom stereocenters. The second-order valence-corrected chi connectivity index (χ2v) is 5.68. The van der Waals surface area contributed by atoms with E-state index >= 15 is 0 Å². The standard InChI is InChI=1S/C9H10BrNO5S/c1-16-8-3-2-6(4-7(8)10)11-17(14,15)5-9(12)13/h2-4,11H,5H2,1H3,(H,12,13). The summed E-state index contributed by atoms with van der Waals surface area (Å²) in [5.41, 5.74) is 0.263. The summed E-state index contributed by atoms with van der Waals surface area (Å²) in [5.74, 6) is -1.84. The maximum atomic E-state index is 11.3. The molecule has 0 amide bonds. The van der Waals surface area contributed by atoms with Gasteiger partial charge in [-0.3, -0.25) is 9.52 Å². The summed E-state index contributed by atoms with van der Waals surface area (Å²) in [7, 11) is -2.40. The molecule has 0 radical (unpaired) electrons. The van der Waals surface area contributed by atoms with Crippen LogP contribution in [0.4, 0.5) is 5.69 Å². The highest BCUT2D eigenvalue weighted by atomic mass is 79.9. The SMILES string of the molecule is COc1ccc(NS(=O)(=O)CC(=O)O)cc1Br. The van der Waals surface area contributed by atoms with Gasteiger partial charge in [-0.15, -0.1) is 0 Å². The number of benzene rings is 1. The Labute approximate surface area is 107 Å². The van der Waals surface area contributed by atoms with Gasteiger partial charge in [0.2, 0.25) is 10.0 Å². The van der Waals surface area contributed by atoms with Crippen molar-refractivity contribution in [1.82, 2.24) is 0 Å². The van der Waals surface area contributed by atoms with Crippen molar-refractivity contribution >= 4 is 37.6 Å². The summed E-state index contributed by atoms with van der Waals surface area (Å²) in [5, 5.41) is 8.42. The number of halogens is 1. The van der Waals surface area contributed by atoms with E-state index in [4.69, 9.17) is 9.84 Å². The second-order valence-electron chi connectivity index (χ2n) is 3.10. The summed E-state index contributed by atoms with van der Waals surface area (Å²) in [4.78, 5) is 10.3. The zero-order chi connectivity index (χ0) is 13.1. The van der Waals surface area contributed by atoms with Crippen LogP contribution in [-0.4, -0.2) is 32.4 Å². The van der Waals surface area contributed by atoms with Crippen molar-refractivity contribution in [3.63, 3.8) is 0 Å². The van der Waals surface area contributed by atoms with Gasteiger partial charge in [-0.1, -0.05) is 0 Å². The normalized spacial score (nSPS) is 10.9. The molecule has 0 bridgehead atoms. The number of aliphatic carboxylic acids is 1. The van der Waals surface area contributed by atoms with Gasteiger partial charge in [-0.05, 0) is 34.1 Å². The molecule has 1 aromatic carbocycles. The van der Waals surface area contributed by atoms with Crippen molar-refractivity contribution < 1.29 is 23.1 Å². The molecule has 1 rings (SSSR count). The van der Waals surface area contributed by atoms with Crippen molar-refractivity contribution in [3.8, 4) is 5.75 Å². The van der Waals surface area contributed by atoms with Gasteiger partial charge >= 0.3 is 5.97 Å². The first-order chi connectivity index (χ1) is 7.84. The quantitative estimate of drug-likeness (QED) is 0.851. The highest BCUT2D eigenvalue weighted by Crippen LogP contribution is 2.28. The number of nitrogens with one attached hydrogen (secondary N) is 1. The summed E-state index contributed by atoms with van der Waals surface area (Å²) >= 11 is 3.19. The van der Waals surface area contributed by atoms with E-state index in [0.717, 1.165) is 0 Å². The number of carboxylic acids is 1. The number of sulfonamides is 1. The summed E-state index contributed by atoms with van der Waals surface area (Å²) in [6.45, 7) is 0. The molecule has 0 spiro atoms. The fraction of sp³-hybridized carbons (Fsp3) is 0.222. The molecule has 6 nitrogen and oxygen atoms in total. The van der Waals surface area contributed by atoms with Gasteiger partial charge < -0.3 is 9.84 Å². The summed E-state index contributed by atoms with van der Waals surface area (Å²) in [6.07, 6.45) is 0. The van der Waals surface area contributed by atoms with Crippen LogP contribution in [0.2, 0.25) is 0 Å². The number of carboxylic acid groups (broad SMARTS) is 1. The largest absolute Gasteiger partial charge is 0.496 e. The molecule has 0 atom stereocenters. The molecule has 0 aliphatic rings. The Morgan fingerprint density at radius 2 is 2.18 bits per heavy atom. The van der Waals surface area contributed by atoms with Crippen molar-refractivity contribution in [2.24, 2.45) is 0 Å². The lowest BCUT2D eigenvalue weighted by molar-refractivity contribution is -0.134. The molecule has 17 heavy (non-hydrogen) atoms. The molecule has 8 heteroatoms. The van der Waals surface area contributed by atoms with Crippen LogP contribution in [-0.2, 0) is 14.8 Å². The lowest BCUT2D eigenvalue weighted by atomic mass is 10.3. The Bertz CT molecular complexity index is 528. The van der Waals surface area contributed by atoms with Gasteiger partial charge in [0.15, 0.2) is 5.75 Å². The Morgan fingerprint density at radius 3 is 2.65 bits per heavy atom. The first-order valence-electron chi connectivity index (χ1n) is 4.40. The van der Waals surface area contributed by atoms with Gasteiger partial charge in [0, 0.05) is 5.69 Å². The van der Waals surface area contributed by atoms with Crippen LogP contribution in [0.5, 0.6) is 5.75 Å². The third-order valence-electron chi connectivity index (χ3n) is 1.74. The number of carbonyl (C=O) groups is 1. The molecular formula is C9H10BrNO5S. The van der Waals surface area contributed by atoms with E-state index in [1.807, 2.05) is 0 Å². The molecule has 0 heterocycles. The van der Waals surface area contributed by atoms with Crippen LogP contribution in [0.3, 0.4) is 0 Å². The first-order valence-corrected chi connectivity index (χ1v) is 6.84. The van der Waals surface area contributed by atoms with Crippen molar-refractivity contribution in [2.45, 2.75) is 0 Å². The van der Waals surface area contributed by atoms with Crippen LogP contribution >= 0.6 is 15.9 Å². The smallest absolute Gasteiger partial charge is 0.320 e. The minimum Gasteiger partial charge on any atom is -0.496 e. The van der Waals surface area contributed by atoms with E-state index in [0.29, 0.717) is 10.2 Å². The van der Waals surface area contributed by atoms with E-state index in [1.165, 1.54) is 19.2 Å². The maximum absolute atomic E-state index is 11.3. The van der Waals surface area contributed by atoms with Crippen molar-refractivity contribution in [3.05, 3.63) is 22.7 Å². The maximum Gasteiger partial charge on any atom is 0.320 e. The molecule has 94 valence electrons. The van der Waals surface area contributed by atoms with Gasteiger partial charge in [0.05, 0.1) is 11.6 Å². The topological polar surface area (TPSA) is 92.7 Å². The number of anilines is 1. The van der Waals surface area contributed by atoms with E-state index < -0.39 is 21.7 Å². The van der Waals surface area contributed by atoms with Gasteiger partial charge in [-0.2, -0.15) is 0 Å². The number of rotatable bonds is 5. The third-order valence-corrected chi connectivity index (χ3v) is 3.53. The fourth-order valence-electron chi connectivity index (χ4n) is 1.11. The predicted molar refractivity (Wildman–Crippen MR) is 65.7 cm³/mol. The van der Waals surface area contributed by atoms with Crippen LogP contribution in [0.15, 0.2) is 22.7 Å². The zero-order valence-electron chi connectivity index (χ0n) is 8.81. The van der Waals surface area contributed by atoms with Crippen molar-refractivity contribution in [2.75, 3.05) is 17.6 Å². The lowest BCUT2D eigenvalue weighted by Gasteiger charge is -2.08. The Morgan fingerprint density at radius 1 is 1.53 bits per heavy atom. The van der Waals surface area contributed by atoms with E-state index in [2.05, 4.69) is 20.7 Å². The molecule has 0 fully saturated rings. The highest BCUT2D eigenvalue weighted by molar-refractivity contribution is 9.10. The van der Waals surface area contributed by atoms with Crippen molar-refractivity contribution in [1.29, 1.82) is 0 Å². The van der Waals surface area contributed by atoms with E-state index in [1.54, 1.807) is 6.07 Å². The molecule has 0 aliphatic heterocycles. The average Bonchev–Trinajstić information content (AvgIpc) is 2.14. The number of hydrogen-bond acceptors (Lipinski definition) is 4. The molecular weight excluding hydrogens is 314 g/mol. The minimum absolute atomic E-state index is 0.263. The van der Waals surface area contributed by atoms with E-state index in [9.17, 15) is 13.2 Å². The summed E-state index contributed by atoms with van der Waals surface area (Å²) < 4.78 is 30.4. The number of ether oxygens (including phenoxy) is 1. The number of methoxy groups -OCH3 is 1. The van der Waals surface area contributed by atoms with Crippen LogP contribution < -0.4 is 9.46 Å². The van der Waals surface area contributed by atoms with Gasteiger partial charge in [-0.25, -0.2) is 8.42 Å². The first kappa shape index (κ1) is 13.8. The molecule has 0 aliphatic carbocycles. The molecule has 1 aromatic rings. The Balaban J connectivity index is 2.89. The number of hydrogen-bond donors (Lipinski definition) is 2. The van der Waals surface area contributed by atoms with E-state index in [-0.39, 0.29) is 5.69 Å². The molecule has 2 N–H and O–H groups in total. The Hall–Kier alpha value is -1.28. The van der Waals surface area contributed by atoms with Gasteiger partial charge in [0.1, 0.15) is 5.75 Å². The predicted octanol–water partition coefficient (Wildman–Crippen LogP) is 1.28. The molecule has 0 aromatic heterocycles. The molecule has 0 saturated heterocycles. The third kappa shape index (κ3) is 4.23. The van der Waals surface area contributed by atoms with Crippen LogP contribution in [0, 0.1) is 0 Å². The van der Waals surface area contributed by atoms with Crippen LogP contribution in [0.1, 0.15) is 0 Å². The second kappa shape index (κ2) is 5.37. The average molecular weight is 324 g/mol. The highest BCUT2D eigenvalue weighted by Gasteiger charge is 2.15. The van der Waals surface area contributed by atoms with Crippen LogP contribution in [0.25, 0.3) is 0 Å². The minimum atomic E-state index is -3.88.